The first-order valence-corrected chi connectivity index (χ1v) is 8.77. The molecule has 0 aliphatic rings. The predicted molar refractivity (Wildman–Crippen MR) is 101 cm³/mol. The van der Waals surface area contributed by atoms with Gasteiger partial charge in [-0.1, -0.05) is 23.5 Å². The fourth-order valence-corrected chi connectivity index (χ4v) is 3.32. The van der Waals surface area contributed by atoms with Crippen LogP contribution in [0.25, 0.3) is 10.2 Å². The Morgan fingerprint density at radius 3 is 2.77 bits per heavy atom. The molecule has 26 heavy (non-hydrogen) atoms. The minimum absolute atomic E-state index is 0.104. The molecule has 7 heteroatoms. The number of nitrogens with zero attached hydrogens (tertiary/aromatic N) is 1. The van der Waals surface area contributed by atoms with Gasteiger partial charge in [0.05, 0.1) is 22.9 Å². The maximum atomic E-state index is 12.1. The van der Waals surface area contributed by atoms with E-state index in [0.29, 0.717) is 22.0 Å². The summed E-state index contributed by atoms with van der Waals surface area (Å²) < 4.78 is 11.1. The lowest BCUT2D eigenvalue weighted by molar-refractivity contribution is -0.118. The molecule has 1 amide bonds. The number of carbonyl (C=O) groups excluding carboxylic acids is 2. The first-order chi connectivity index (χ1) is 12.5. The minimum atomic E-state index is -0.409. The van der Waals surface area contributed by atoms with Crippen LogP contribution in [0.15, 0.2) is 36.4 Å². The van der Waals surface area contributed by atoms with E-state index in [4.69, 9.17) is 9.47 Å². The number of hydrogen-bond donors (Lipinski definition) is 1. The standard InChI is InChI=1S/C19H18N2O4S/c1-11-5-4-6-15(12(11)2)25-10-17(22)21-19-20-14-8-7-13(18(23)24-3)9-16(14)26-19/h4-9H,10H2,1-3H3,(H,20,21,22). The predicted octanol–water partition coefficient (Wildman–Crippen LogP) is 3.72. The summed E-state index contributed by atoms with van der Waals surface area (Å²) in [6, 6.07) is 10.8. The number of thiazole rings is 1. The Hall–Kier alpha value is -2.93. The molecule has 1 heterocycles. The summed E-state index contributed by atoms with van der Waals surface area (Å²) >= 11 is 1.29. The van der Waals surface area contributed by atoms with E-state index < -0.39 is 5.97 Å². The summed E-state index contributed by atoms with van der Waals surface area (Å²) in [5.41, 5.74) is 3.26. The summed E-state index contributed by atoms with van der Waals surface area (Å²) in [4.78, 5) is 28.1. The lowest BCUT2D eigenvalue weighted by atomic mass is 10.1. The fourth-order valence-electron chi connectivity index (χ4n) is 2.40. The maximum absolute atomic E-state index is 12.1. The lowest BCUT2D eigenvalue weighted by Gasteiger charge is -2.10. The highest BCUT2D eigenvalue weighted by Gasteiger charge is 2.12. The Morgan fingerprint density at radius 1 is 1.19 bits per heavy atom. The van der Waals surface area contributed by atoms with Crippen molar-refractivity contribution in [3.05, 3.63) is 53.1 Å². The van der Waals surface area contributed by atoms with Crippen LogP contribution in [-0.2, 0) is 9.53 Å². The van der Waals surface area contributed by atoms with E-state index >= 15 is 0 Å². The SMILES string of the molecule is COC(=O)c1ccc2nc(NC(=O)COc3cccc(C)c3C)sc2c1. The number of esters is 1. The third-order valence-corrected chi connectivity index (χ3v) is 4.90. The van der Waals surface area contributed by atoms with E-state index in [1.165, 1.54) is 18.4 Å². The van der Waals surface area contributed by atoms with Crippen LogP contribution in [0.2, 0.25) is 0 Å². The number of rotatable bonds is 5. The average molecular weight is 370 g/mol. The van der Waals surface area contributed by atoms with E-state index in [-0.39, 0.29) is 12.5 Å². The highest BCUT2D eigenvalue weighted by atomic mass is 32.1. The molecule has 1 aromatic heterocycles. The quantitative estimate of drug-likeness (QED) is 0.693. The van der Waals surface area contributed by atoms with Crippen molar-refractivity contribution in [1.82, 2.24) is 4.98 Å². The Kier molecular flexibility index (Phi) is 5.18. The van der Waals surface area contributed by atoms with Crippen molar-refractivity contribution in [2.24, 2.45) is 0 Å². The van der Waals surface area contributed by atoms with Gasteiger partial charge in [0.25, 0.3) is 5.91 Å². The van der Waals surface area contributed by atoms with Crippen molar-refractivity contribution in [2.45, 2.75) is 13.8 Å². The van der Waals surface area contributed by atoms with Gasteiger partial charge in [-0.3, -0.25) is 10.1 Å². The molecule has 3 aromatic rings. The number of ether oxygens (including phenoxy) is 2. The maximum Gasteiger partial charge on any atom is 0.337 e. The van der Waals surface area contributed by atoms with Gasteiger partial charge >= 0.3 is 5.97 Å². The van der Waals surface area contributed by atoms with Gasteiger partial charge in [-0.05, 0) is 49.2 Å². The first kappa shape index (κ1) is 17.9. The summed E-state index contributed by atoms with van der Waals surface area (Å²) in [7, 11) is 1.33. The van der Waals surface area contributed by atoms with E-state index in [1.807, 2.05) is 32.0 Å². The van der Waals surface area contributed by atoms with Crippen molar-refractivity contribution in [1.29, 1.82) is 0 Å². The topological polar surface area (TPSA) is 77.5 Å². The second kappa shape index (κ2) is 7.53. The molecule has 2 aromatic carbocycles. The second-order valence-corrected chi connectivity index (χ2v) is 6.76. The van der Waals surface area contributed by atoms with Crippen molar-refractivity contribution in [2.75, 3.05) is 19.0 Å². The molecule has 0 spiro atoms. The van der Waals surface area contributed by atoms with Gasteiger partial charge in [-0.2, -0.15) is 0 Å². The highest BCUT2D eigenvalue weighted by molar-refractivity contribution is 7.22. The van der Waals surface area contributed by atoms with Gasteiger partial charge in [-0.15, -0.1) is 0 Å². The Balaban J connectivity index is 1.67. The average Bonchev–Trinajstić information content (AvgIpc) is 3.03. The molecular formula is C19H18N2O4S. The van der Waals surface area contributed by atoms with Crippen LogP contribution in [0, 0.1) is 13.8 Å². The number of hydrogen-bond acceptors (Lipinski definition) is 6. The molecule has 0 aliphatic carbocycles. The van der Waals surface area contributed by atoms with Crippen LogP contribution in [-0.4, -0.2) is 30.6 Å². The van der Waals surface area contributed by atoms with Crippen molar-refractivity contribution < 1.29 is 19.1 Å². The summed E-state index contributed by atoms with van der Waals surface area (Å²) in [6.45, 7) is 3.84. The molecule has 6 nitrogen and oxygen atoms in total. The number of fused-ring (bicyclic) bond motifs is 1. The van der Waals surface area contributed by atoms with Crippen LogP contribution in [0.1, 0.15) is 21.5 Å². The molecule has 0 radical (unpaired) electrons. The van der Waals surface area contributed by atoms with Gasteiger partial charge in [0.1, 0.15) is 5.75 Å². The molecule has 0 saturated heterocycles. The van der Waals surface area contributed by atoms with Crippen LogP contribution in [0.4, 0.5) is 5.13 Å². The Morgan fingerprint density at radius 2 is 2.00 bits per heavy atom. The summed E-state index contributed by atoms with van der Waals surface area (Å²) in [6.07, 6.45) is 0. The normalized spacial score (nSPS) is 10.6. The zero-order valence-corrected chi connectivity index (χ0v) is 15.5. The van der Waals surface area contributed by atoms with Gasteiger partial charge < -0.3 is 9.47 Å². The molecule has 0 bridgehead atoms. The number of aryl methyl sites for hydroxylation is 1. The number of nitrogens with one attached hydrogen (secondary N) is 1. The molecule has 0 saturated carbocycles. The molecular weight excluding hydrogens is 352 g/mol. The van der Waals surface area contributed by atoms with Crippen molar-refractivity contribution in [3.63, 3.8) is 0 Å². The number of aromatic nitrogens is 1. The Bertz CT molecular complexity index is 981. The van der Waals surface area contributed by atoms with Crippen molar-refractivity contribution in [3.8, 4) is 5.75 Å². The first-order valence-electron chi connectivity index (χ1n) is 7.95. The van der Waals surface area contributed by atoms with E-state index in [0.717, 1.165) is 15.8 Å². The van der Waals surface area contributed by atoms with Crippen LogP contribution in [0.3, 0.4) is 0 Å². The highest BCUT2D eigenvalue weighted by Crippen LogP contribution is 2.27. The summed E-state index contributed by atoms with van der Waals surface area (Å²) in [5.74, 6) is -0.0156. The minimum Gasteiger partial charge on any atom is -0.483 e. The number of carbonyl (C=O) groups is 2. The van der Waals surface area contributed by atoms with E-state index in [1.54, 1.807) is 18.2 Å². The monoisotopic (exact) mass is 370 g/mol. The molecule has 134 valence electrons. The van der Waals surface area contributed by atoms with Gasteiger partial charge in [0.2, 0.25) is 0 Å². The third kappa shape index (κ3) is 3.83. The number of anilines is 1. The van der Waals surface area contributed by atoms with Gasteiger partial charge in [0.15, 0.2) is 11.7 Å². The molecule has 3 rings (SSSR count). The molecule has 1 N–H and O–H groups in total. The van der Waals surface area contributed by atoms with E-state index in [9.17, 15) is 9.59 Å². The number of methoxy groups -OCH3 is 1. The van der Waals surface area contributed by atoms with Gasteiger partial charge in [-0.25, -0.2) is 9.78 Å². The zero-order chi connectivity index (χ0) is 18.7. The molecule has 0 atom stereocenters. The molecule has 0 fully saturated rings. The van der Waals surface area contributed by atoms with Crippen LogP contribution >= 0.6 is 11.3 Å². The third-order valence-electron chi connectivity index (χ3n) is 3.97. The van der Waals surface area contributed by atoms with Crippen molar-refractivity contribution >= 4 is 38.6 Å². The van der Waals surface area contributed by atoms with E-state index in [2.05, 4.69) is 10.3 Å². The fraction of sp³-hybridized carbons (Fsp3) is 0.211. The molecule has 0 unspecified atom stereocenters. The summed E-state index contributed by atoms with van der Waals surface area (Å²) in [5, 5.41) is 3.18. The number of amides is 1. The van der Waals surface area contributed by atoms with Crippen LogP contribution in [0.5, 0.6) is 5.75 Å². The Labute approximate surface area is 154 Å². The second-order valence-electron chi connectivity index (χ2n) is 5.73. The lowest BCUT2D eigenvalue weighted by Crippen LogP contribution is -2.20. The number of benzene rings is 2. The zero-order valence-electron chi connectivity index (χ0n) is 14.7. The smallest absolute Gasteiger partial charge is 0.337 e. The van der Waals surface area contributed by atoms with Crippen LogP contribution < -0.4 is 10.1 Å². The molecule has 0 aliphatic heterocycles. The largest absolute Gasteiger partial charge is 0.483 e. The van der Waals surface area contributed by atoms with Gasteiger partial charge in [0, 0.05) is 0 Å².